The summed E-state index contributed by atoms with van der Waals surface area (Å²) >= 11 is 0. The number of nitrogens with zero attached hydrogens (tertiary/aromatic N) is 4. The predicted octanol–water partition coefficient (Wildman–Crippen LogP) is -0.227. The average molecular weight is 235 g/mol. The van der Waals surface area contributed by atoms with E-state index in [1.165, 1.54) is 0 Å². The number of carbonyl (C=O) groups excluding carboxylic acids is 1. The largest absolute Gasteiger partial charge is 0.347 e. The molecule has 0 unspecified atom stereocenters. The van der Waals surface area contributed by atoms with Crippen molar-refractivity contribution in [3.63, 3.8) is 0 Å². The Labute approximate surface area is 100 Å². The van der Waals surface area contributed by atoms with Crippen LogP contribution in [-0.4, -0.2) is 48.0 Å². The fourth-order valence-electron chi connectivity index (χ4n) is 2.06. The van der Waals surface area contributed by atoms with E-state index in [2.05, 4.69) is 9.97 Å². The maximum atomic E-state index is 11.6. The fraction of sp³-hybridized carbons (Fsp3) is 0.545. The third-order valence-corrected chi connectivity index (χ3v) is 2.99. The van der Waals surface area contributed by atoms with Crippen LogP contribution in [0.1, 0.15) is 18.2 Å². The van der Waals surface area contributed by atoms with Crippen LogP contribution in [0.4, 0.5) is 5.95 Å². The Morgan fingerprint density at radius 3 is 2.76 bits per heavy atom. The molecule has 0 saturated carbocycles. The summed E-state index contributed by atoms with van der Waals surface area (Å²) in [5.74, 6) is 0.690. The van der Waals surface area contributed by atoms with E-state index in [1.54, 1.807) is 18.1 Å². The van der Waals surface area contributed by atoms with Crippen LogP contribution in [0.25, 0.3) is 0 Å². The van der Waals surface area contributed by atoms with Gasteiger partial charge in [0.2, 0.25) is 11.9 Å². The van der Waals surface area contributed by atoms with Gasteiger partial charge in [-0.15, -0.1) is 0 Å². The number of hydrogen-bond donors (Lipinski definition) is 1. The first-order valence-electron chi connectivity index (χ1n) is 5.52. The standard InChI is InChI=1S/C11H17N5O/c1-15(2)11-13-5-4-8(14-11)10-7(12)6-9(17)16(10)3/h4-5,7,10H,6,12H2,1-3H3/t7-,10-/m0/s1. The van der Waals surface area contributed by atoms with Gasteiger partial charge in [-0.25, -0.2) is 9.97 Å². The normalized spacial score (nSPS) is 24.2. The lowest BCUT2D eigenvalue weighted by Crippen LogP contribution is -2.31. The van der Waals surface area contributed by atoms with Gasteiger partial charge in [0.05, 0.1) is 11.7 Å². The van der Waals surface area contributed by atoms with Crippen LogP contribution >= 0.6 is 0 Å². The van der Waals surface area contributed by atoms with Crippen molar-refractivity contribution in [2.75, 3.05) is 26.0 Å². The Morgan fingerprint density at radius 2 is 2.24 bits per heavy atom. The summed E-state index contributed by atoms with van der Waals surface area (Å²) in [7, 11) is 5.52. The predicted molar refractivity (Wildman–Crippen MR) is 64.5 cm³/mol. The van der Waals surface area contributed by atoms with Gasteiger partial charge in [-0.05, 0) is 6.07 Å². The third-order valence-electron chi connectivity index (χ3n) is 2.99. The Hall–Kier alpha value is -1.69. The highest BCUT2D eigenvalue weighted by Crippen LogP contribution is 2.29. The van der Waals surface area contributed by atoms with E-state index in [-0.39, 0.29) is 18.0 Å². The van der Waals surface area contributed by atoms with E-state index in [1.807, 2.05) is 25.1 Å². The maximum Gasteiger partial charge on any atom is 0.225 e. The van der Waals surface area contributed by atoms with E-state index in [0.29, 0.717) is 12.4 Å². The van der Waals surface area contributed by atoms with Gasteiger partial charge in [-0.3, -0.25) is 4.79 Å². The van der Waals surface area contributed by atoms with Gasteiger partial charge in [0.15, 0.2) is 0 Å². The van der Waals surface area contributed by atoms with Crippen LogP contribution in [0.5, 0.6) is 0 Å². The van der Waals surface area contributed by atoms with E-state index in [4.69, 9.17) is 5.73 Å². The fourth-order valence-corrected chi connectivity index (χ4v) is 2.06. The zero-order chi connectivity index (χ0) is 12.6. The van der Waals surface area contributed by atoms with Gasteiger partial charge in [-0.2, -0.15) is 0 Å². The monoisotopic (exact) mass is 235 g/mol. The highest BCUT2D eigenvalue weighted by atomic mass is 16.2. The quantitative estimate of drug-likeness (QED) is 0.766. The molecule has 6 nitrogen and oxygen atoms in total. The summed E-state index contributed by atoms with van der Waals surface area (Å²) < 4.78 is 0. The number of carbonyl (C=O) groups is 1. The first-order chi connectivity index (χ1) is 8.00. The molecule has 1 fully saturated rings. The third kappa shape index (κ3) is 2.08. The maximum absolute atomic E-state index is 11.6. The minimum atomic E-state index is -0.197. The number of likely N-dealkylation sites (tertiary alicyclic amines) is 1. The first kappa shape index (κ1) is 11.8. The van der Waals surface area contributed by atoms with Crippen LogP contribution in [0.15, 0.2) is 12.3 Å². The van der Waals surface area contributed by atoms with Crippen molar-refractivity contribution in [1.82, 2.24) is 14.9 Å². The van der Waals surface area contributed by atoms with Crippen molar-refractivity contribution in [2.24, 2.45) is 5.73 Å². The molecule has 2 heterocycles. The molecule has 6 heteroatoms. The molecule has 1 aliphatic rings. The van der Waals surface area contributed by atoms with E-state index in [0.717, 1.165) is 5.69 Å². The summed E-state index contributed by atoms with van der Waals surface area (Å²) in [6, 6.07) is 1.47. The highest BCUT2D eigenvalue weighted by Gasteiger charge is 2.37. The molecule has 0 bridgehead atoms. The Morgan fingerprint density at radius 1 is 1.53 bits per heavy atom. The molecule has 0 radical (unpaired) electrons. The zero-order valence-corrected chi connectivity index (χ0v) is 10.3. The minimum absolute atomic E-state index is 0.0625. The van der Waals surface area contributed by atoms with Gasteiger partial charge in [0.25, 0.3) is 0 Å². The minimum Gasteiger partial charge on any atom is -0.347 e. The lowest BCUT2D eigenvalue weighted by molar-refractivity contribution is -0.127. The Balaban J connectivity index is 2.33. The van der Waals surface area contributed by atoms with Gasteiger partial charge in [0, 0.05) is 39.8 Å². The average Bonchev–Trinajstić information content (AvgIpc) is 2.53. The van der Waals surface area contributed by atoms with Gasteiger partial charge in [0.1, 0.15) is 0 Å². The zero-order valence-electron chi connectivity index (χ0n) is 10.3. The Bertz CT molecular complexity index is 434. The van der Waals surface area contributed by atoms with Crippen molar-refractivity contribution in [3.05, 3.63) is 18.0 Å². The molecule has 0 aromatic carbocycles. The molecule has 1 aromatic rings. The summed E-state index contributed by atoms with van der Waals surface area (Å²) in [6.45, 7) is 0. The van der Waals surface area contributed by atoms with E-state index >= 15 is 0 Å². The molecule has 17 heavy (non-hydrogen) atoms. The number of hydrogen-bond acceptors (Lipinski definition) is 5. The molecular formula is C11H17N5O. The van der Waals surface area contributed by atoms with Crippen LogP contribution in [-0.2, 0) is 4.79 Å². The second-order valence-electron chi connectivity index (χ2n) is 4.49. The summed E-state index contributed by atoms with van der Waals surface area (Å²) in [6.07, 6.45) is 2.07. The SMILES string of the molecule is CN(C)c1nccc([C@@H]2[C@@H](N)CC(=O)N2C)n1. The van der Waals surface area contributed by atoms with Gasteiger partial charge in [-0.1, -0.05) is 0 Å². The second kappa shape index (κ2) is 4.29. The summed E-state index contributed by atoms with van der Waals surface area (Å²) in [5.41, 5.74) is 6.78. The molecule has 1 aliphatic heterocycles. The van der Waals surface area contributed by atoms with E-state index in [9.17, 15) is 4.79 Å². The molecule has 1 amide bonds. The Kier molecular flexibility index (Phi) is 2.97. The van der Waals surface area contributed by atoms with Crippen LogP contribution < -0.4 is 10.6 Å². The van der Waals surface area contributed by atoms with Crippen LogP contribution in [0.3, 0.4) is 0 Å². The molecule has 2 rings (SSSR count). The molecule has 0 spiro atoms. The molecular weight excluding hydrogens is 218 g/mol. The van der Waals surface area contributed by atoms with Crippen molar-refractivity contribution in [3.8, 4) is 0 Å². The number of aromatic nitrogens is 2. The van der Waals surface area contributed by atoms with Crippen LogP contribution in [0.2, 0.25) is 0 Å². The lowest BCUT2D eigenvalue weighted by atomic mass is 10.1. The molecule has 1 saturated heterocycles. The number of rotatable bonds is 2. The second-order valence-corrected chi connectivity index (χ2v) is 4.49. The molecule has 92 valence electrons. The van der Waals surface area contributed by atoms with Crippen molar-refractivity contribution >= 4 is 11.9 Å². The molecule has 0 aliphatic carbocycles. The van der Waals surface area contributed by atoms with Crippen molar-refractivity contribution < 1.29 is 4.79 Å². The lowest BCUT2D eigenvalue weighted by Gasteiger charge is -2.23. The number of anilines is 1. The smallest absolute Gasteiger partial charge is 0.225 e. The summed E-state index contributed by atoms with van der Waals surface area (Å²) in [4.78, 5) is 23.6. The molecule has 1 aromatic heterocycles. The summed E-state index contributed by atoms with van der Waals surface area (Å²) in [5, 5.41) is 0. The van der Waals surface area contributed by atoms with Gasteiger partial charge >= 0.3 is 0 Å². The highest BCUT2D eigenvalue weighted by molar-refractivity contribution is 5.79. The topological polar surface area (TPSA) is 75.4 Å². The molecule has 2 atom stereocenters. The van der Waals surface area contributed by atoms with Crippen LogP contribution in [0, 0.1) is 0 Å². The first-order valence-corrected chi connectivity index (χ1v) is 5.52. The number of likely N-dealkylation sites (N-methyl/N-ethyl adjacent to an activating group) is 1. The number of amides is 1. The van der Waals surface area contributed by atoms with Gasteiger partial charge < -0.3 is 15.5 Å². The molecule has 2 N–H and O–H groups in total. The van der Waals surface area contributed by atoms with E-state index < -0.39 is 0 Å². The van der Waals surface area contributed by atoms with Crippen molar-refractivity contribution in [2.45, 2.75) is 18.5 Å². The van der Waals surface area contributed by atoms with Crippen molar-refractivity contribution in [1.29, 1.82) is 0 Å². The number of nitrogens with two attached hydrogens (primary N) is 1.